The van der Waals surface area contributed by atoms with Crippen molar-refractivity contribution in [3.8, 4) is 0 Å². The van der Waals surface area contributed by atoms with Gasteiger partial charge in [-0.25, -0.2) is 0 Å². The smallest absolute Gasteiger partial charge is 0.303 e. The molecule has 0 spiro atoms. The molecule has 224 valence electrons. The van der Waals surface area contributed by atoms with Crippen LogP contribution in [0.25, 0.3) is 0 Å². The van der Waals surface area contributed by atoms with E-state index in [0.717, 1.165) is 25.7 Å². The Morgan fingerprint density at radius 3 is 0.895 bits per heavy atom. The number of rotatable bonds is 28. The molecule has 0 unspecified atom stereocenters. The first-order valence-corrected chi connectivity index (χ1v) is 16.3. The van der Waals surface area contributed by atoms with E-state index in [1.165, 1.54) is 128 Å². The Labute approximate surface area is 236 Å². The van der Waals surface area contributed by atoms with Crippen LogP contribution in [0.5, 0.6) is 0 Å². The zero-order chi connectivity index (χ0) is 28.4. The van der Waals surface area contributed by atoms with E-state index in [9.17, 15) is 9.59 Å². The zero-order valence-electron chi connectivity index (χ0n) is 25.4. The van der Waals surface area contributed by atoms with Gasteiger partial charge in [-0.3, -0.25) is 9.59 Å². The van der Waals surface area contributed by atoms with Crippen molar-refractivity contribution in [2.24, 2.45) is 0 Å². The number of unbranched alkanes of at least 4 members (excludes halogenated alkanes) is 20. The highest BCUT2D eigenvalue weighted by atomic mass is 16.4. The van der Waals surface area contributed by atoms with Crippen molar-refractivity contribution in [3.05, 3.63) is 24.3 Å². The molecule has 38 heavy (non-hydrogen) atoms. The lowest BCUT2D eigenvalue weighted by Crippen LogP contribution is -1.93. The van der Waals surface area contributed by atoms with Crippen molar-refractivity contribution in [1.29, 1.82) is 0 Å². The van der Waals surface area contributed by atoms with E-state index < -0.39 is 11.9 Å². The molecule has 0 heterocycles. The molecule has 0 aromatic rings. The van der Waals surface area contributed by atoms with Crippen molar-refractivity contribution < 1.29 is 19.8 Å². The van der Waals surface area contributed by atoms with Crippen LogP contribution < -0.4 is 0 Å². The quantitative estimate of drug-likeness (QED) is 0.0770. The van der Waals surface area contributed by atoms with E-state index in [0.29, 0.717) is 12.8 Å². The van der Waals surface area contributed by atoms with Gasteiger partial charge in [-0.15, -0.1) is 0 Å². The zero-order valence-corrected chi connectivity index (χ0v) is 25.4. The third-order valence-electron chi connectivity index (χ3n) is 6.80. The molecule has 4 nitrogen and oxygen atoms in total. The van der Waals surface area contributed by atoms with Gasteiger partial charge in [0.25, 0.3) is 0 Å². The molecule has 0 bridgehead atoms. The molecule has 0 radical (unpaired) electrons. The highest BCUT2D eigenvalue weighted by molar-refractivity contribution is 5.66. The van der Waals surface area contributed by atoms with E-state index in [4.69, 9.17) is 10.2 Å². The molecule has 0 saturated carbocycles. The molecule has 2 N–H and O–H groups in total. The third kappa shape index (κ3) is 41.5. The fourth-order valence-corrected chi connectivity index (χ4v) is 4.34. The minimum Gasteiger partial charge on any atom is -0.481 e. The SMILES string of the molecule is CCCCCC/C=C\CCCCCCCC(=O)O.CCCCCCC=CCCCCCCCCCC(=O)O. The van der Waals surface area contributed by atoms with Crippen LogP contribution in [0.3, 0.4) is 0 Å². The molecule has 4 heteroatoms. The molecule has 0 fully saturated rings. The summed E-state index contributed by atoms with van der Waals surface area (Å²) in [5.74, 6) is -1.33. The predicted molar refractivity (Wildman–Crippen MR) is 165 cm³/mol. The Balaban J connectivity index is 0. The number of carbonyl (C=O) groups is 2. The highest BCUT2D eigenvalue weighted by Crippen LogP contribution is 2.11. The number of carboxylic acids is 2. The third-order valence-corrected chi connectivity index (χ3v) is 6.80. The number of allylic oxidation sites excluding steroid dienone is 4. The summed E-state index contributed by atoms with van der Waals surface area (Å²) in [5, 5.41) is 17.0. The van der Waals surface area contributed by atoms with Crippen molar-refractivity contribution in [1.82, 2.24) is 0 Å². The van der Waals surface area contributed by atoms with Gasteiger partial charge in [-0.1, -0.05) is 128 Å². The molecule has 0 aromatic carbocycles. The number of hydrogen-bond donors (Lipinski definition) is 2. The average Bonchev–Trinajstić information content (AvgIpc) is 2.89. The summed E-state index contributed by atoms with van der Waals surface area (Å²) >= 11 is 0. The van der Waals surface area contributed by atoms with Crippen LogP contribution in [0.2, 0.25) is 0 Å². The molecule has 0 aliphatic rings. The Morgan fingerprint density at radius 1 is 0.395 bits per heavy atom. The summed E-state index contributed by atoms with van der Waals surface area (Å²) in [4.78, 5) is 20.6. The topological polar surface area (TPSA) is 74.6 Å². The number of aliphatic carboxylic acids is 2. The minimum atomic E-state index is -0.666. The van der Waals surface area contributed by atoms with Crippen molar-refractivity contribution >= 4 is 11.9 Å². The normalized spacial score (nSPS) is 11.2. The van der Waals surface area contributed by atoms with Crippen molar-refractivity contribution in [3.63, 3.8) is 0 Å². The standard InChI is InChI=1S/C18H34O2.C16H30O2/c1-2-3-4-5-6-7-8-9-10-11-12-13-14-15-16-17-18(19)20;1-2-3-4-5-6-7-8-9-10-11-12-13-14-15-16(17)18/h7-8H,2-6,9-17H2,1H3,(H,19,20);7-8H,2-6,9-15H2,1H3,(H,17,18)/b;8-7-. The van der Waals surface area contributed by atoms with Crippen LogP contribution in [0, 0.1) is 0 Å². The minimum absolute atomic E-state index is 0.331. The Morgan fingerprint density at radius 2 is 0.632 bits per heavy atom. The largest absolute Gasteiger partial charge is 0.481 e. The summed E-state index contributed by atoms with van der Waals surface area (Å²) in [7, 11) is 0. The molecular formula is C34H64O4. The van der Waals surface area contributed by atoms with Gasteiger partial charge in [0.2, 0.25) is 0 Å². The van der Waals surface area contributed by atoms with Crippen LogP contribution in [-0.4, -0.2) is 22.2 Å². The molecule has 0 aliphatic heterocycles. The lowest BCUT2D eigenvalue weighted by atomic mass is 10.1. The first kappa shape index (κ1) is 38.6. The van der Waals surface area contributed by atoms with Gasteiger partial charge in [-0.2, -0.15) is 0 Å². The molecule has 0 atom stereocenters. The Bertz CT molecular complexity index is 539. The van der Waals surface area contributed by atoms with Gasteiger partial charge in [-0.05, 0) is 64.2 Å². The number of hydrogen-bond acceptors (Lipinski definition) is 2. The summed E-state index contributed by atoms with van der Waals surface area (Å²) < 4.78 is 0. The summed E-state index contributed by atoms with van der Waals surface area (Å²) in [6, 6.07) is 0. The van der Waals surface area contributed by atoms with Crippen molar-refractivity contribution in [2.75, 3.05) is 0 Å². The van der Waals surface area contributed by atoms with Gasteiger partial charge < -0.3 is 10.2 Å². The van der Waals surface area contributed by atoms with Crippen LogP contribution >= 0.6 is 0 Å². The van der Waals surface area contributed by atoms with Crippen LogP contribution in [0.4, 0.5) is 0 Å². The van der Waals surface area contributed by atoms with Gasteiger partial charge in [0.1, 0.15) is 0 Å². The maximum Gasteiger partial charge on any atom is 0.303 e. The molecule has 0 amide bonds. The van der Waals surface area contributed by atoms with E-state index in [2.05, 4.69) is 38.2 Å². The summed E-state index contributed by atoms with van der Waals surface area (Å²) in [6.45, 7) is 4.49. The predicted octanol–water partition coefficient (Wildman–Crippen LogP) is 11.4. The fraction of sp³-hybridized carbons (Fsp3) is 0.824. The fourth-order valence-electron chi connectivity index (χ4n) is 4.34. The van der Waals surface area contributed by atoms with Crippen LogP contribution in [0.15, 0.2) is 24.3 Å². The molecule has 0 aromatic heterocycles. The van der Waals surface area contributed by atoms with Gasteiger partial charge in [0.15, 0.2) is 0 Å². The Hall–Kier alpha value is -1.58. The summed E-state index contributed by atoms with van der Waals surface area (Å²) in [6.07, 6.45) is 39.6. The Kier molecular flexibility index (Phi) is 35.9. The summed E-state index contributed by atoms with van der Waals surface area (Å²) in [5.41, 5.74) is 0. The maximum atomic E-state index is 10.3. The lowest BCUT2D eigenvalue weighted by Gasteiger charge is -2.00. The van der Waals surface area contributed by atoms with E-state index in [-0.39, 0.29) is 0 Å². The second-order valence-electron chi connectivity index (χ2n) is 10.7. The van der Waals surface area contributed by atoms with Gasteiger partial charge in [0.05, 0.1) is 0 Å². The monoisotopic (exact) mass is 536 g/mol. The van der Waals surface area contributed by atoms with E-state index >= 15 is 0 Å². The van der Waals surface area contributed by atoms with E-state index in [1.807, 2.05) is 0 Å². The molecule has 0 rings (SSSR count). The van der Waals surface area contributed by atoms with E-state index in [1.54, 1.807) is 0 Å². The van der Waals surface area contributed by atoms with Gasteiger partial charge >= 0.3 is 11.9 Å². The molecule has 0 saturated heterocycles. The second kappa shape index (κ2) is 35.4. The second-order valence-corrected chi connectivity index (χ2v) is 10.7. The first-order chi connectivity index (χ1) is 18.5. The number of carboxylic acid groups (broad SMARTS) is 2. The first-order valence-electron chi connectivity index (χ1n) is 16.3. The highest BCUT2D eigenvalue weighted by Gasteiger charge is 1.97. The average molecular weight is 537 g/mol. The molecule has 0 aliphatic carbocycles. The van der Waals surface area contributed by atoms with Crippen LogP contribution in [0.1, 0.15) is 181 Å². The lowest BCUT2D eigenvalue weighted by molar-refractivity contribution is -0.138. The van der Waals surface area contributed by atoms with Gasteiger partial charge in [0, 0.05) is 12.8 Å². The molecular weight excluding hydrogens is 472 g/mol. The van der Waals surface area contributed by atoms with Crippen LogP contribution in [-0.2, 0) is 9.59 Å². The maximum absolute atomic E-state index is 10.3. The van der Waals surface area contributed by atoms with Crippen molar-refractivity contribution in [2.45, 2.75) is 181 Å².